The van der Waals surface area contributed by atoms with Gasteiger partial charge in [-0.05, 0) is 24.8 Å². The lowest BCUT2D eigenvalue weighted by Crippen LogP contribution is -2.41. The van der Waals surface area contributed by atoms with E-state index in [0.29, 0.717) is 18.5 Å². The smallest absolute Gasteiger partial charge is 0.204 e. The van der Waals surface area contributed by atoms with Gasteiger partial charge in [0.25, 0.3) is 0 Å². The second-order valence-electron chi connectivity index (χ2n) is 7.06. The number of nitrogens with zero attached hydrogens (tertiary/aromatic N) is 2. The molecule has 0 spiro atoms. The van der Waals surface area contributed by atoms with E-state index in [1.54, 1.807) is 0 Å². The number of aliphatic imine (C=N–C) groups is 1. The summed E-state index contributed by atoms with van der Waals surface area (Å²) >= 11 is 0. The lowest BCUT2D eigenvalue weighted by atomic mass is 9.78. The van der Waals surface area contributed by atoms with Crippen LogP contribution in [0.15, 0.2) is 35.3 Å². The summed E-state index contributed by atoms with van der Waals surface area (Å²) < 4.78 is 0. The lowest BCUT2D eigenvalue weighted by molar-refractivity contribution is 0.426. The molecule has 0 aliphatic heterocycles. The molecule has 0 amide bonds. The number of hydrogen-bond donors (Lipinski definition) is 2. The van der Waals surface area contributed by atoms with Crippen LogP contribution < -0.4 is 10.6 Å². The Labute approximate surface area is 146 Å². The largest absolute Gasteiger partial charge is 0.353 e. The van der Waals surface area contributed by atoms with Crippen molar-refractivity contribution >= 4 is 5.96 Å². The fourth-order valence-electron chi connectivity index (χ4n) is 3.41. The Balaban J connectivity index is 2.12. The number of guanidine groups is 1. The van der Waals surface area contributed by atoms with Crippen molar-refractivity contribution < 1.29 is 0 Å². The maximum Gasteiger partial charge on any atom is 0.204 e. The van der Waals surface area contributed by atoms with Gasteiger partial charge in [-0.1, -0.05) is 69.9 Å². The number of nitriles is 1. The molecule has 2 N–H and O–H groups in total. The van der Waals surface area contributed by atoms with Crippen LogP contribution in [0.2, 0.25) is 0 Å². The normalized spacial score (nSPS) is 18.0. The Morgan fingerprint density at radius 3 is 2.62 bits per heavy atom. The third kappa shape index (κ3) is 5.26. The minimum atomic E-state index is -0.00296. The molecule has 1 aromatic rings. The van der Waals surface area contributed by atoms with Crippen molar-refractivity contribution in [1.29, 1.82) is 5.26 Å². The van der Waals surface area contributed by atoms with Crippen molar-refractivity contribution in [3.05, 3.63) is 35.9 Å². The monoisotopic (exact) mass is 326 g/mol. The molecule has 4 heteroatoms. The maximum absolute atomic E-state index is 9.02. The molecule has 1 unspecified atom stereocenters. The molecule has 130 valence electrons. The molecule has 1 aliphatic carbocycles. The Hall–Kier alpha value is -2.02. The molecule has 0 aromatic heterocycles. The first-order chi connectivity index (χ1) is 11.7. The van der Waals surface area contributed by atoms with E-state index in [1.165, 1.54) is 31.2 Å². The van der Waals surface area contributed by atoms with Crippen molar-refractivity contribution in [2.24, 2.45) is 4.99 Å². The van der Waals surface area contributed by atoms with Gasteiger partial charge >= 0.3 is 0 Å². The van der Waals surface area contributed by atoms with E-state index in [2.05, 4.69) is 54.8 Å². The molecule has 0 radical (unpaired) electrons. The van der Waals surface area contributed by atoms with Gasteiger partial charge in [0.05, 0.1) is 6.54 Å². The Kier molecular flexibility index (Phi) is 7.11. The summed E-state index contributed by atoms with van der Waals surface area (Å²) in [5.41, 5.74) is 1.32. The highest BCUT2D eigenvalue weighted by atomic mass is 15.2. The molecule has 0 saturated heterocycles. The third-order valence-electron chi connectivity index (χ3n) is 5.01. The van der Waals surface area contributed by atoms with Gasteiger partial charge in [0, 0.05) is 11.5 Å². The zero-order valence-electron chi connectivity index (χ0n) is 15.0. The van der Waals surface area contributed by atoms with E-state index in [0.717, 1.165) is 19.3 Å². The van der Waals surface area contributed by atoms with Crippen molar-refractivity contribution in [1.82, 2.24) is 10.6 Å². The van der Waals surface area contributed by atoms with E-state index in [4.69, 9.17) is 10.3 Å². The molecule has 0 bridgehead atoms. The molecule has 1 atom stereocenters. The lowest BCUT2D eigenvalue weighted by Gasteiger charge is -2.29. The number of hydrogen-bond acceptors (Lipinski definition) is 2. The van der Waals surface area contributed by atoms with E-state index < -0.39 is 0 Å². The molecule has 1 aromatic carbocycles. The molecule has 4 nitrogen and oxygen atoms in total. The predicted molar refractivity (Wildman–Crippen MR) is 99.8 cm³/mol. The topological polar surface area (TPSA) is 60.2 Å². The Bertz CT molecular complexity index is 555. The van der Waals surface area contributed by atoms with E-state index in [1.807, 2.05) is 6.19 Å². The zero-order chi connectivity index (χ0) is 17.3. The molecular formula is C20H30N4. The average molecular weight is 326 g/mol. The number of nitrogens with one attached hydrogen (secondary N) is 2. The maximum atomic E-state index is 9.02. The molecule has 1 aliphatic rings. The molecule has 24 heavy (non-hydrogen) atoms. The second kappa shape index (κ2) is 9.32. The fraction of sp³-hybridized carbons (Fsp3) is 0.600. The summed E-state index contributed by atoms with van der Waals surface area (Å²) in [4.78, 5) is 4.75. The van der Waals surface area contributed by atoms with Crippen LogP contribution >= 0.6 is 0 Å². The fourth-order valence-corrected chi connectivity index (χ4v) is 3.41. The van der Waals surface area contributed by atoms with Crippen LogP contribution in [0.25, 0.3) is 0 Å². The van der Waals surface area contributed by atoms with Crippen LogP contribution in [0.1, 0.15) is 64.4 Å². The molecule has 1 saturated carbocycles. The zero-order valence-corrected chi connectivity index (χ0v) is 15.0. The van der Waals surface area contributed by atoms with Gasteiger partial charge in [0.1, 0.15) is 0 Å². The van der Waals surface area contributed by atoms with E-state index in [9.17, 15) is 0 Å². The summed E-state index contributed by atoms with van der Waals surface area (Å²) in [6.07, 6.45) is 10.3. The SMILES string of the molecule is CCCCC(C)(CN=C(NC#N)NC1CCCC1)c1ccccc1. The molecular weight excluding hydrogens is 296 g/mol. The van der Waals surface area contributed by atoms with Gasteiger partial charge in [-0.3, -0.25) is 10.3 Å². The van der Waals surface area contributed by atoms with Crippen LogP contribution in [0, 0.1) is 11.5 Å². The molecule has 0 heterocycles. The number of benzene rings is 1. The summed E-state index contributed by atoms with van der Waals surface area (Å²) in [5, 5.41) is 15.2. The van der Waals surface area contributed by atoms with Gasteiger partial charge < -0.3 is 5.32 Å². The number of rotatable bonds is 7. The first-order valence-electron chi connectivity index (χ1n) is 9.19. The highest BCUT2D eigenvalue weighted by Crippen LogP contribution is 2.30. The number of unbranched alkanes of at least 4 members (excludes halogenated alkanes) is 1. The summed E-state index contributed by atoms with van der Waals surface area (Å²) in [6, 6.07) is 11.1. The average Bonchev–Trinajstić information content (AvgIpc) is 3.12. The second-order valence-corrected chi connectivity index (χ2v) is 7.06. The Morgan fingerprint density at radius 1 is 1.29 bits per heavy atom. The summed E-state index contributed by atoms with van der Waals surface area (Å²) in [5.74, 6) is 0.628. The van der Waals surface area contributed by atoms with E-state index >= 15 is 0 Å². The van der Waals surface area contributed by atoms with Crippen LogP contribution in [0.4, 0.5) is 0 Å². The Morgan fingerprint density at radius 2 is 2.00 bits per heavy atom. The predicted octanol–water partition coefficient (Wildman–Crippen LogP) is 4.09. The van der Waals surface area contributed by atoms with Crippen molar-refractivity contribution in [2.75, 3.05) is 6.54 Å². The quantitative estimate of drug-likeness (QED) is 0.343. The first kappa shape index (κ1) is 18.3. The van der Waals surface area contributed by atoms with Crippen molar-refractivity contribution in [2.45, 2.75) is 70.3 Å². The van der Waals surface area contributed by atoms with Crippen LogP contribution in [0.5, 0.6) is 0 Å². The van der Waals surface area contributed by atoms with Gasteiger partial charge in [0.15, 0.2) is 6.19 Å². The summed E-state index contributed by atoms with van der Waals surface area (Å²) in [7, 11) is 0. The third-order valence-corrected chi connectivity index (χ3v) is 5.01. The van der Waals surface area contributed by atoms with Crippen LogP contribution in [0.3, 0.4) is 0 Å². The van der Waals surface area contributed by atoms with Crippen LogP contribution in [-0.2, 0) is 5.41 Å². The highest BCUT2D eigenvalue weighted by Gasteiger charge is 2.26. The van der Waals surface area contributed by atoms with Crippen LogP contribution in [-0.4, -0.2) is 18.5 Å². The molecule has 1 fully saturated rings. The highest BCUT2D eigenvalue weighted by molar-refractivity contribution is 5.81. The van der Waals surface area contributed by atoms with Crippen molar-refractivity contribution in [3.63, 3.8) is 0 Å². The minimum Gasteiger partial charge on any atom is -0.353 e. The van der Waals surface area contributed by atoms with E-state index in [-0.39, 0.29) is 5.41 Å². The molecule has 2 rings (SSSR count). The first-order valence-corrected chi connectivity index (χ1v) is 9.19. The van der Waals surface area contributed by atoms with Gasteiger partial charge in [-0.25, -0.2) is 0 Å². The minimum absolute atomic E-state index is 0.00296. The summed E-state index contributed by atoms with van der Waals surface area (Å²) in [6.45, 7) is 5.18. The van der Waals surface area contributed by atoms with Gasteiger partial charge in [0.2, 0.25) is 5.96 Å². The van der Waals surface area contributed by atoms with Gasteiger partial charge in [-0.2, -0.15) is 5.26 Å². The van der Waals surface area contributed by atoms with Crippen molar-refractivity contribution in [3.8, 4) is 6.19 Å². The van der Waals surface area contributed by atoms with Gasteiger partial charge in [-0.15, -0.1) is 0 Å². The standard InChI is InChI=1S/C20H30N4/c1-3-4-14-20(2,17-10-6-5-7-11-17)15-22-19(23-16-21)24-18-12-8-9-13-18/h5-7,10-11,18H,3-4,8-9,12-15H2,1-2H3,(H2,22,23,24).